The molecular formula is C26H35FO2. The summed E-state index contributed by atoms with van der Waals surface area (Å²) in [6.45, 7) is 4.35. The number of carbonyl (C=O) groups is 1. The van der Waals surface area contributed by atoms with Gasteiger partial charge in [0.15, 0.2) is 5.78 Å². The highest BCUT2D eigenvalue weighted by Gasteiger charge is 2.59. The Morgan fingerprint density at radius 3 is 2.52 bits per heavy atom. The van der Waals surface area contributed by atoms with E-state index in [0.29, 0.717) is 17.4 Å². The van der Waals surface area contributed by atoms with Crippen LogP contribution in [0.2, 0.25) is 0 Å². The Labute approximate surface area is 174 Å². The van der Waals surface area contributed by atoms with E-state index in [2.05, 4.69) is 6.92 Å². The molecule has 0 amide bonds. The van der Waals surface area contributed by atoms with Crippen molar-refractivity contribution >= 4 is 5.78 Å². The summed E-state index contributed by atoms with van der Waals surface area (Å²) in [7, 11) is 0. The minimum atomic E-state index is -0.470. The van der Waals surface area contributed by atoms with E-state index in [9.17, 15) is 14.3 Å². The van der Waals surface area contributed by atoms with Gasteiger partial charge in [0.05, 0.1) is 11.2 Å². The fourth-order valence-corrected chi connectivity index (χ4v) is 8.36. The molecule has 3 heteroatoms. The van der Waals surface area contributed by atoms with Crippen LogP contribution in [0.25, 0.3) is 0 Å². The number of hydrogen-bond acceptors (Lipinski definition) is 2. The average molecular weight is 399 g/mol. The SMILES string of the molecule is C[C@@]1(O)CC[C@H]2[C@H](CC[C@@H]3[C@@H]2CC[C@]2(C)[C@@H](C(=O)c4ccccc4F)CC[C@@H]32)C1. The van der Waals surface area contributed by atoms with Crippen molar-refractivity contribution in [2.75, 3.05) is 0 Å². The fraction of sp³-hybridized carbons (Fsp3) is 0.731. The monoisotopic (exact) mass is 398 g/mol. The third-order valence-corrected chi connectivity index (χ3v) is 9.69. The number of Topliss-reactive ketones (excluding diaryl/α,β-unsaturated/α-hetero) is 1. The zero-order chi connectivity index (χ0) is 20.4. The minimum absolute atomic E-state index is 0.0214. The molecule has 8 atom stereocenters. The van der Waals surface area contributed by atoms with E-state index >= 15 is 0 Å². The molecule has 0 bridgehead atoms. The van der Waals surface area contributed by atoms with Crippen molar-refractivity contribution in [3.8, 4) is 0 Å². The van der Waals surface area contributed by atoms with Gasteiger partial charge >= 0.3 is 0 Å². The summed E-state index contributed by atoms with van der Waals surface area (Å²) < 4.78 is 14.3. The topological polar surface area (TPSA) is 37.3 Å². The second-order valence-corrected chi connectivity index (χ2v) is 11.2. The molecule has 0 aromatic heterocycles. The number of aliphatic hydroxyl groups is 1. The quantitative estimate of drug-likeness (QED) is 0.618. The lowest BCUT2D eigenvalue weighted by Crippen LogP contribution is -2.51. The van der Waals surface area contributed by atoms with Gasteiger partial charge in [0.1, 0.15) is 5.82 Å². The largest absolute Gasteiger partial charge is 0.390 e. The number of benzene rings is 1. The molecule has 0 aliphatic heterocycles. The lowest BCUT2D eigenvalue weighted by atomic mass is 9.49. The van der Waals surface area contributed by atoms with Gasteiger partial charge in [-0.1, -0.05) is 19.1 Å². The van der Waals surface area contributed by atoms with E-state index in [0.717, 1.165) is 49.9 Å². The van der Waals surface area contributed by atoms with E-state index in [4.69, 9.17) is 0 Å². The fourth-order valence-electron chi connectivity index (χ4n) is 8.36. The molecule has 29 heavy (non-hydrogen) atoms. The molecule has 0 spiro atoms. The summed E-state index contributed by atoms with van der Waals surface area (Å²) in [4.78, 5) is 13.3. The predicted molar refractivity (Wildman–Crippen MR) is 112 cm³/mol. The molecule has 5 rings (SSSR count). The normalized spacial score (nSPS) is 46.5. The first kappa shape index (κ1) is 19.7. The smallest absolute Gasteiger partial charge is 0.169 e. The van der Waals surface area contributed by atoms with Crippen LogP contribution in [-0.2, 0) is 0 Å². The Bertz CT molecular complexity index is 802. The average Bonchev–Trinajstić information content (AvgIpc) is 3.04. The molecule has 2 nitrogen and oxygen atoms in total. The minimum Gasteiger partial charge on any atom is -0.390 e. The molecule has 4 saturated carbocycles. The molecule has 0 unspecified atom stereocenters. The number of rotatable bonds is 2. The summed E-state index contributed by atoms with van der Waals surface area (Å²) in [5.41, 5.74) is -0.158. The van der Waals surface area contributed by atoms with Crippen LogP contribution >= 0.6 is 0 Å². The maximum atomic E-state index is 14.3. The van der Waals surface area contributed by atoms with Crippen LogP contribution in [0.1, 0.15) is 82.0 Å². The van der Waals surface area contributed by atoms with Crippen LogP contribution in [0.15, 0.2) is 24.3 Å². The van der Waals surface area contributed by atoms with Crippen LogP contribution in [0, 0.1) is 46.7 Å². The van der Waals surface area contributed by atoms with Crippen LogP contribution < -0.4 is 0 Å². The zero-order valence-corrected chi connectivity index (χ0v) is 17.9. The first-order valence-electron chi connectivity index (χ1n) is 11.8. The van der Waals surface area contributed by atoms with Crippen LogP contribution in [-0.4, -0.2) is 16.5 Å². The first-order chi connectivity index (χ1) is 13.8. The number of carbonyl (C=O) groups excluding carboxylic acids is 1. The van der Waals surface area contributed by atoms with Gasteiger partial charge in [-0.15, -0.1) is 0 Å². The Hall–Kier alpha value is -1.22. The van der Waals surface area contributed by atoms with Crippen molar-refractivity contribution in [2.24, 2.45) is 40.9 Å². The molecule has 0 radical (unpaired) electrons. The zero-order valence-electron chi connectivity index (χ0n) is 17.9. The van der Waals surface area contributed by atoms with E-state index in [-0.39, 0.29) is 22.9 Å². The summed E-state index contributed by atoms with van der Waals surface area (Å²) in [6.07, 6.45) is 9.91. The van der Waals surface area contributed by atoms with Crippen LogP contribution in [0.3, 0.4) is 0 Å². The lowest BCUT2D eigenvalue weighted by Gasteiger charge is -2.56. The van der Waals surface area contributed by atoms with Gasteiger partial charge in [0.2, 0.25) is 0 Å². The third kappa shape index (κ3) is 3.10. The van der Waals surface area contributed by atoms with E-state index in [1.807, 2.05) is 6.92 Å². The van der Waals surface area contributed by atoms with E-state index in [1.54, 1.807) is 18.2 Å². The Balaban J connectivity index is 1.38. The van der Waals surface area contributed by atoms with E-state index < -0.39 is 5.60 Å². The van der Waals surface area contributed by atoms with Crippen molar-refractivity contribution in [2.45, 2.75) is 77.2 Å². The van der Waals surface area contributed by atoms with Crippen molar-refractivity contribution in [3.05, 3.63) is 35.6 Å². The number of ketones is 1. The molecule has 4 aliphatic rings. The first-order valence-corrected chi connectivity index (χ1v) is 11.8. The van der Waals surface area contributed by atoms with Gasteiger partial charge in [-0.3, -0.25) is 4.79 Å². The molecule has 1 N–H and O–H groups in total. The summed E-state index contributed by atoms with van der Waals surface area (Å²) in [5, 5.41) is 10.6. The highest BCUT2D eigenvalue weighted by Crippen LogP contribution is 2.65. The lowest BCUT2D eigenvalue weighted by molar-refractivity contribution is -0.0976. The Morgan fingerprint density at radius 1 is 0.966 bits per heavy atom. The molecule has 158 valence electrons. The van der Waals surface area contributed by atoms with Crippen LogP contribution in [0.4, 0.5) is 4.39 Å². The summed E-state index contributed by atoms with van der Waals surface area (Å²) in [6, 6.07) is 6.52. The van der Waals surface area contributed by atoms with Gasteiger partial charge in [0, 0.05) is 5.92 Å². The number of hydrogen-bond donors (Lipinski definition) is 1. The van der Waals surface area contributed by atoms with Crippen molar-refractivity contribution in [1.82, 2.24) is 0 Å². The molecular weight excluding hydrogens is 363 g/mol. The highest BCUT2D eigenvalue weighted by atomic mass is 19.1. The van der Waals surface area contributed by atoms with Crippen molar-refractivity contribution in [3.63, 3.8) is 0 Å². The van der Waals surface area contributed by atoms with Crippen molar-refractivity contribution < 1.29 is 14.3 Å². The second-order valence-electron chi connectivity index (χ2n) is 11.2. The van der Waals surface area contributed by atoms with E-state index in [1.165, 1.54) is 31.7 Å². The summed E-state index contributed by atoms with van der Waals surface area (Å²) in [5.74, 6) is 3.17. The van der Waals surface area contributed by atoms with Gasteiger partial charge in [-0.25, -0.2) is 4.39 Å². The molecule has 1 aromatic rings. The Kier molecular flexibility index (Phi) is 4.70. The van der Waals surface area contributed by atoms with Gasteiger partial charge in [0.25, 0.3) is 0 Å². The standard InChI is InChI=1S/C26H35FO2/c1-25(29)13-11-17-16(15-25)7-8-19-18(17)12-14-26(2)21(19)9-10-22(26)24(28)20-5-3-4-6-23(20)27/h3-6,16-19,21-22,29H,7-15H2,1-2H3/t16-,17+,18-,19-,21+,22-,25-,26+/m1/s1. The van der Waals surface area contributed by atoms with Gasteiger partial charge < -0.3 is 5.11 Å². The Morgan fingerprint density at radius 2 is 1.72 bits per heavy atom. The second kappa shape index (κ2) is 6.90. The molecule has 4 aliphatic carbocycles. The maximum absolute atomic E-state index is 14.3. The number of halogens is 1. The predicted octanol–water partition coefficient (Wildman–Crippen LogP) is 6.03. The summed E-state index contributed by atoms with van der Waals surface area (Å²) >= 11 is 0. The molecule has 0 heterocycles. The highest BCUT2D eigenvalue weighted by molar-refractivity contribution is 5.98. The van der Waals surface area contributed by atoms with Crippen molar-refractivity contribution in [1.29, 1.82) is 0 Å². The molecule has 0 saturated heterocycles. The third-order valence-electron chi connectivity index (χ3n) is 9.69. The molecule has 1 aromatic carbocycles. The van der Waals surface area contributed by atoms with Crippen LogP contribution in [0.5, 0.6) is 0 Å². The maximum Gasteiger partial charge on any atom is 0.169 e. The number of fused-ring (bicyclic) bond motifs is 5. The van der Waals surface area contributed by atoms with Gasteiger partial charge in [-0.05, 0) is 112 Å². The molecule has 4 fully saturated rings. The van der Waals surface area contributed by atoms with Gasteiger partial charge in [-0.2, -0.15) is 0 Å².